The van der Waals surface area contributed by atoms with Crippen LogP contribution in [0.2, 0.25) is 10.0 Å². The highest BCUT2D eigenvalue weighted by atomic mass is 35.5. The van der Waals surface area contributed by atoms with Gasteiger partial charge in [-0.15, -0.1) is 0 Å². The second-order valence-corrected chi connectivity index (χ2v) is 6.77. The molecule has 0 spiro atoms. The van der Waals surface area contributed by atoms with Crippen LogP contribution in [0.3, 0.4) is 0 Å². The molecule has 0 unspecified atom stereocenters. The van der Waals surface area contributed by atoms with E-state index in [4.69, 9.17) is 37.1 Å². The Bertz CT molecular complexity index is 1050. The minimum atomic E-state index is -0.788. The molecule has 1 atom stereocenters. The van der Waals surface area contributed by atoms with Crippen LogP contribution in [-0.2, 0) is 4.79 Å². The lowest BCUT2D eigenvalue weighted by Gasteiger charge is -2.24. The van der Waals surface area contributed by atoms with Crippen molar-refractivity contribution >= 4 is 35.3 Å². The highest BCUT2D eigenvalue weighted by Gasteiger charge is 2.27. The number of hydrogen-bond donors (Lipinski definition) is 1. The lowest BCUT2D eigenvalue weighted by molar-refractivity contribution is -0.130. The number of carbonyl (C=O) groups is 1. The predicted octanol–water partition coefficient (Wildman–Crippen LogP) is 4.54. The maximum absolute atomic E-state index is 12.2. The van der Waals surface area contributed by atoms with Gasteiger partial charge in [-0.1, -0.05) is 35.3 Å². The number of rotatable bonds is 4. The minimum Gasteiger partial charge on any atom is -0.485 e. The topological polar surface area (TPSA) is 73.1 Å². The Morgan fingerprint density at radius 3 is 2.79 bits per heavy atom. The highest BCUT2D eigenvalue weighted by molar-refractivity contribution is 6.35. The quantitative estimate of drug-likeness (QED) is 0.500. The summed E-state index contributed by atoms with van der Waals surface area (Å²) < 4.78 is 16.8. The van der Waals surface area contributed by atoms with Crippen molar-refractivity contribution in [3.63, 3.8) is 0 Å². The first kappa shape index (κ1) is 18.4. The van der Waals surface area contributed by atoms with Crippen molar-refractivity contribution in [2.24, 2.45) is 5.10 Å². The zero-order valence-corrected chi connectivity index (χ0v) is 15.9. The van der Waals surface area contributed by atoms with Crippen molar-refractivity contribution in [3.05, 3.63) is 70.4 Å². The van der Waals surface area contributed by atoms with Crippen molar-refractivity contribution < 1.29 is 18.7 Å². The van der Waals surface area contributed by atoms with E-state index < -0.39 is 12.0 Å². The van der Waals surface area contributed by atoms with Gasteiger partial charge in [0, 0.05) is 10.6 Å². The normalized spacial score (nSPS) is 15.6. The summed E-state index contributed by atoms with van der Waals surface area (Å²) in [4.78, 5) is 12.2. The zero-order chi connectivity index (χ0) is 19.5. The molecule has 0 fully saturated rings. The molecule has 6 nitrogen and oxygen atoms in total. The van der Waals surface area contributed by atoms with Gasteiger partial charge in [0.15, 0.2) is 11.5 Å². The van der Waals surface area contributed by atoms with Crippen LogP contribution in [0.25, 0.3) is 11.3 Å². The summed E-state index contributed by atoms with van der Waals surface area (Å²) in [5.74, 6) is 1.69. The van der Waals surface area contributed by atoms with Gasteiger partial charge in [0.1, 0.15) is 18.1 Å². The second-order valence-electron chi connectivity index (χ2n) is 5.92. The van der Waals surface area contributed by atoms with Crippen LogP contribution in [0.1, 0.15) is 5.76 Å². The van der Waals surface area contributed by atoms with Crippen LogP contribution >= 0.6 is 23.2 Å². The lowest BCUT2D eigenvalue weighted by Crippen LogP contribution is -2.42. The number of nitrogens with zero attached hydrogens (tertiary/aromatic N) is 1. The van der Waals surface area contributed by atoms with E-state index in [0.29, 0.717) is 38.6 Å². The number of nitrogens with one attached hydrogen (secondary N) is 1. The molecule has 1 N–H and O–H groups in total. The molecule has 0 radical (unpaired) electrons. The summed E-state index contributed by atoms with van der Waals surface area (Å²) in [5.41, 5.74) is 3.09. The summed E-state index contributed by atoms with van der Waals surface area (Å²) in [6.07, 6.45) is 0.599. The van der Waals surface area contributed by atoms with E-state index in [1.54, 1.807) is 48.5 Å². The first-order valence-electron chi connectivity index (χ1n) is 8.37. The van der Waals surface area contributed by atoms with Crippen molar-refractivity contribution in [2.45, 2.75) is 6.10 Å². The Hall–Kier alpha value is -2.96. The van der Waals surface area contributed by atoms with E-state index >= 15 is 0 Å². The number of furan rings is 1. The van der Waals surface area contributed by atoms with Gasteiger partial charge < -0.3 is 13.9 Å². The molecule has 1 aromatic heterocycles. The fourth-order valence-corrected chi connectivity index (χ4v) is 3.02. The second kappa shape index (κ2) is 7.96. The maximum Gasteiger partial charge on any atom is 0.284 e. The molecular formula is C20H14Cl2N2O4. The molecule has 1 aliphatic rings. The first-order chi connectivity index (χ1) is 13.6. The Morgan fingerprint density at radius 1 is 1.11 bits per heavy atom. The van der Waals surface area contributed by atoms with Crippen molar-refractivity contribution in [1.82, 2.24) is 5.43 Å². The third kappa shape index (κ3) is 3.98. The number of ether oxygens (including phenoxy) is 2. The van der Waals surface area contributed by atoms with E-state index in [-0.39, 0.29) is 6.61 Å². The number of fused-ring (bicyclic) bond motifs is 1. The lowest BCUT2D eigenvalue weighted by atomic mass is 10.2. The van der Waals surface area contributed by atoms with Gasteiger partial charge in [-0.25, -0.2) is 5.43 Å². The fourth-order valence-electron chi connectivity index (χ4n) is 2.63. The molecule has 4 rings (SSSR count). The fraction of sp³-hybridized carbons (Fsp3) is 0.100. The number of hydrogen-bond acceptors (Lipinski definition) is 5. The summed E-state index contributed by atoms with van der Waals surface area (Å²) in [5, 5.41) is 4.98. The molecule has 2 aromatic carbocycles. The smallest absolute Gasteiger partial charge is 0.284 e. The van der Waals surface area contributed by atoms with E-state index in [2.05, 4.69) is 10.5 Å². The summed E-state index contributed by atoms with van der Waals surface area (Å²) in [6.45, 7) is 0.108. The number of benzene rings is 2. The largest absolute Gasteiger partial charge is 0.485 e. The molecule has 0 saturated heterocycles. The van der Waals surface area contributed by atoms with Crippen LogP contribution in [0, 0.1) is 0 Å². The van der Waals surface area contributed by atoms with Gasteiger partial charge in [-0.3, -0.25) is 4.79 Å². The third-order valence-electron chi connectivity index (χ3n) is 3.99. The number of carbonyl (C=O) groups excluding carboxylic acids is 1. The van der Waals surface area contributed by atoms with Crippen LogP contribution < -0.4 is 14.9 Å². The van der Waals surface area contributed by atoms with Gasteiger partial charge in [-0.05, 0) is 42.5 Å². The summed E-state index contributed by atoms with van der Waals surface area (Å²) in [6, 6.07) is 15.7. The van der Waals surface area contributed by atoms with Crippen molar-refractivity contribution in [3.8, 4) is 22.8 Å². The van der Waals surface area contributed by atoms with Gasteiger partial charge in [-0.2, -0.15) is 5.10 Å². The molecule has 0 aliphatic carbocycles. The maximum atomic E-state index is 12.2. The Kier molecular flexibility index (Phi) is 5.23. The van der Waals surface area contributed by atoms with E-state index in [1.165, 1.54) is 6.21 Å². The first-order valence-corrected chi connectivity index (χ1v) is 9.12. The molecular weight excluding hydrogens is 403 g/mol. The average Bonchev–Trinajstić information content (AvgIpc) is 3.18. The molecule has 1 amide bonds. The van der Waals surface area contributed by atoms with Gasteiger partial charge in [0.25, 0.3) is 5.91 Å². The molecule has 0 saturated carbocycles. The van der Waals surface area contributed by atoms with Crippen LogP contribution in [0.15, 0.2) is 64.1 Å². The predicted molar refractivity (Wildman–Crippen MR) is 106 cm³/mol. The molecule has 3 aromatic rings. The van der Waals surface area contributed by atoms with E-state index in [0.717, 1.165) is 0 Å². The SMILES string of the molecule is O=C(N/N=C/c1ccc(-c2cc(Cl)ccc2Cl)o1)[C@H]1COc2ccccc2O1. The van der Waals surface area contributed by atoms with Gasteiger partial charge in [0.2, 0.25) is 6.10 Å². The molecule has 8 heteroatoms. The molecule has 2 heterocycles. The van der Waals surface area contributed by atoms with Gasteiger partial charge in [0.05, 0.1) is 11.2 Å². The van der Waals surface area contributed by atoms with Crippen LogP contribution in [-0.4, -0.2) is 24.8 Å². The summed E-state index contributed by atoms with van der Waals surface area (Å²) in [7, 11) is 0. The van der Waals surface area contributed by atoms with Gasteiger partial charge >= 0.3 is 0 Å². The molecule has 28 heavy (non-hydrogen) atoms. The zero-order valence-electron chi connectivity index (χ0n) is 14.4. The number of para-hydroxylation sites is 2. The number of amides is 1. The number of halogens is 2. The summed E-state index contributed by atoms with van der Waals surface area (Å²) >= 11 is 12.2. The molecule has 142 valence electrons. The molecule has 1 aliphatic heterocycles. The van der Waals surface area contributed by atoms with Crippen molar-refractivity contribution in [2.75, 3.05) is 6.61 Å². The van der Waals surface area contributed by atoms with E-state index in [9.17, 15) is 4.79 Å². The number of hydrazone groups is 1. The van der Waals surface area contributed by atoms with E-state index in [1.807, 2.05) is 6.07 Å². The van der Waals surface area contributed by atoms with Crippen molar-refractivity contribution in [1.29, 1.82) is 0 Å². The monoisotopic (exact) mass is 416 g/mol. The molecule has 0 bridgehead atoms. The Labute approximate surface area is 170 Å². The average molecular weight is 417 g/mol. The minimum absolute atomic E-state index is 0.108. The van der Waals surface area contributed by atoms with Crippen LogP contribution in [0.4, 0.5) is 0 Å². The standard InChI is InChI=1S/C20H14Cl2N2O4/c21-12-5-7-15(22)14(9-12)16-8-6-13(27-16)10-23-24-20(25)19-11-26-17-3-1-2-4-18(17)28-19/h1-10,19H,11H2,(H,24,25)/b23-10+/t19-/m1/s1. The highest BCUT2D eigenvalue weighted by Crippen LogP contribution is 2.32. The third-order valence-corrected chi connectivity index (χ3v) is 4.55. The van der Waals surface area contributed by atoms with Crippen LogP contribution in [0.5, 0.6) is 11.5 Å². The Balaban J connectivity index is 1.39. The Morgan fingerprint density at radius 2 is 1.93 bits per heavy atom.